The fraction of sp³-hybridized carbons (Fsp3) is 0.889. The first-order valence-corrected chi connectivity index (χ1v) is 9.51. The summed E-state index contributed by atoms with van der Waals surface area (Å²) >= 11 is 0. The van der Waals surface area contributed by atoms with Crippen molar-refractivity contribution in [2.45, 2.75) is 52.1 Å². The first-order valence-electron chi connectivity index (χ1n) is 9.51. The highest BCUT2D eigenvalue weighted by molar-refractivity contribution is 5.72. The fourth-order valence-electron chi connectivity index (χ4n) is 2.05. The summed E-state index contributed by atoms with van der Waals surface area (Å²) in [5.41, 5.74) is 7.57. The van der Waals surface area contributed by atoms with E-state index >= 15 is 0 Å². The Balaban J connectivity index is 4.25. The van der Waals surface area contributed by atoms with Gasteiger partial charge in [0.2, 0.25) is 0 Å². The van der Waals surface area contributed by atoms with E-state index in [1.807, 2.05) is 0 Å². The summed E-state index contributed by atoms with van der Waals surface area (Å²) in [4.78, 5) is 28.3. The van der Waals surface area contributed by atoms with Gasteiger partial charge in [-0.05, 0) is 45.6 Å². The minimum Gasteiger partial charge on any atom is -0.463 e. The fourth-order valence-corrected chi connectivity index (χ4v) is 2.05. The average Bonchev–Trinajstić information content (AvgIpc) is 2.61. The van der Waals surface area contributed by atoms with Crippen LogP contribution in [0.1, 0.15) is 46.5 Å². The van der Waals surface area contributed by atoms with Gasteiger partial charge in [0.05, 0.1) is 13.0 Å². The van der Waals surface area contributed by atoms with Crippen molar-refractivity contribution in [3.05, 3.63) is 10.4 Å². The van der Waals surface area contributed by atoms with E-state index in [0.29, 0.717) is 39.3 Å². The Bertz CT molecular complexity index is 489. The number of ether oxygens (including phenoxy) is 4. The molecule has 0 aliphatic carbocycles. The third kappa shape index (κ3) is 16.2. The number of rotatable bonds is 15. The maximum Gasteiger partial charge on any atom is 0.410 e. The van der Waals surface area contributed by atoms with Gasteiger partial charge >= 0.3 is 12.1 Å². The van der Waals surface area contributed by atoms with E-state index in [4.69, 9.17) is 24.5 Å². The second kappa shape index (κ2) is 16.0. The summed E-state index contributed by atoms with van der Waals surface area (Å²) in [5.74, 6) is -0.387. The van der Waals surface area contributed by atoms with Crippen molar-refractivity contribution in [1.82, 2.24) is 4.90 Å². The Morgan fingerprint density at radius 1 is 1.04 bits per heavy atom. The van der Waals surface area contributed by atoms with Crippen molar-refractivity contribution in [3.8, 4) is 0 Å². The molecular formula is C18H34N4O6. The Labute approximate surface area is 167 Å². The van der Waals surface area contributed by atoms with Crippen LogP contribution in [0.25, 0.3) is 10.4 Å². The van der Waals surface area contributed by atoms with Gasteiger partial charge < -0.3 is 23.8 Å². The van der Waals surface area contributed by atoms with Crippen LogP contribution in [0.5, 0.6) is 0 Å². The maximum absolute atomic E-state index is 12.3. The molecule has 0 aliphatic rings. The first-order chi connectivity index (χ1) is 13.3. The smallest absolute Gasteiger partial charge is 0.410 e. The summed E-state index contributed by atoms with van der Waals surface area (Å²) < 4.78 is 20.8. The molecule has 28 heavy (non-hydrogen) atoms. The van der Waals surface area contributed by atoms with Gasteiger partial charge in [0, 0.05) is 44.9 Å². The zero-order chi connectivity index (χ0) is 21.3. The normalized spacial score (nSPS) is 10.9. The molecule has 1 amide bonds. The highest BCUT2D eigenvalue weighted by Gasteiger charge is 2.22. The van der Waals surface area contributed by atoms with Gasteiger partial charge in [0.15, 0.2) is 0 Å². The topological polar surface area (TPSA) is 123 Å². The van der Waals surface area contributed by atoms with Crippen molar-refractivity contribution in [2.75, 3.05) is 53.2 Å². The van der Waals surface area contributed by atoms with Gasteiger partial charge in [-0.3, -0.25) is 4.79 Å². The zero-order valence-corrected chi connectivity index (χ0v) is 17.5. The summed E-state index contributed by atoms with van der Waals surface area (Å²) in [6.07, 6.45) is 1.82. The van der Waals surface area contributed by atoms with Crippen molar-refractivity contribution >= 4 is 12.1 Å². The van der Waals surface area contributed by atoms with Crippen LogP contribution in [0.4, 0.5) is 4.79 Å². The highest BCUT2D eigenvalue weighted by Crippen LogP contribution is 2.11. The average molecular weight is 402 g/mol. The van der Waals surface area contributed by atoms with Gasteiger partial charge in [0.25, 0.3) is 0 Å². The van der Waals surface area contributed by atoms with Gasteiger partial charge in [-0.2, -0.15) is 0 Å². The van der Waals surface area contributed by atoms with E-state index in [9.17, 15) is 9.59 Å². The largest absolute Gasteiger partial charge is 0.463 e. The van der Waals surface area contributed by atoms with Crippen LogP contribution in [0, 0.1) is 0 Å². The van der Waals surface area contributed by atoms with Crippen molar-refractivity contribution in [1.29, 1.82) is 0 Å². The number of carbonyl (C=O) groups excluding carboxylic acids is 2. The van der Waals surface area contributed by atoms with Crippen molar-refractivity contribution in [2.24, 2.45) is 5.11 Å². The van der Waals surface area contributed by atoms with E-state index in [-0.39, 0.29) is 25.5 Å². The van der Waals surface area contributed by atoms with Gasteiger partial charge in [-0.25, -0.2) is 4.79 Å². The van der Waals surface area contributed by atoms with Crippen LogP contribution >= 0.6 is 0 Å². The molecule has 0 atom stereocenters. The lowest BCUT2D eigenvalue weighted by Gasteiger charge is -2.27. The molecule has 0 radical (unpaired) electrons. The van der Waals surface area contributed by atoms with E-state index in [1.165, 1.54) is 12.0 Å². The second-order valence-corrected chi connectivity index (χ2v) is 7.06. The number of amides is 1. The van der Waals surface area contributed by atoms with Crippen LogP contribution in [0.15, 0.2) is 5.11 Å². The van der Waals surface area contributed by atoms with Gasteiger partial charge in [-0.1, -0.05) is 5.11 Å². The van der Waals surface area contributed by atoms with Gasteiger partial charge in [0.1, 0.15) is 12.2 Å². The molecule has 0 N–H and O–H groups in total. The summed E-state index contributed by atoms with van der Waals surface area (Å²) in [6, 6.07) is 0. The predicted molar refractivity (Wildman–Crippen MR) is 104 cm³/mol. The second-order valence-electron chi connectivity index (χ2n) is 7.06. The molecule has 0 bridgehead atoms. The number of unbranched alkanes of at least 4 members (excludes halogenated alkanes) is 1. The van der Waals surface area contributed by atoms with Crippen LogP contribution in [-0.4, -0.2) is 75.7 Å². The number of azide groups is 1. The van der Waals surface area contributed by atoms with Crippen LogP contribution in [-0.2, 0) is 23.7 Å². The SMILES string of the molecule is COCCOC(=O)CCN(CCCOCCCCN=[N+]=[N-])C(=O)OC(C)(C)C. The number of hydrogen-bond acceptors (Lipinski definition) is 7. The van der Waals surface area contributed by atoms with E-state index in [2.05, 4.69) is 10.0 Å². The van der Waals surface area contributed by atoms with Crippen molar-refractivity contribution in [3.63, 3.8) is 0 Å². The Morgan fingerprint density at radius 2 is 1.75 bits per heavy atom. The molecule has 0 aromatic heterocycles. The summed E-state index contributed by atoms with van der Waals surface area (Å²) in [7, 11) is 1.53. The zero-order valence-electron chi connectivity index (χ0n) is 17.5. The predicted octanol–water partition coefficient (Wildman–Crippen LogP) is 3.30. The third-order valence-corrected chi connectivity index (χ3v) is 3.36. The van der Waals surface area contributed by atoms with Gasteiger partial charge in [-0.15, -0.1) is 0 Å². The Hall–Kier alpha value is -2.03. The summed E-state index contributed by atoms with van der Waals surface area (Å²) in [5, 5.41) is 3.46. The third-order valence-electron chi connectivity index (χ3n) is 3.36. The number of esters is 1. The monoisotopic (exact) mass is 402 g/mol. The van der Waals surface area contributed by atoms with E-state index < -0.39 is 11.7 Å². The number of hydrogen-bond donors (Lipinski definition) is 0. The quantitative estimate of drug-likeness (QED) is 0.136. The van der Waals surface area contributed by atoms with Crippen LogP contribution in [0.2, 0.25) is 0 Å². The molecule has 0 fully saturated rings. The van der Waals surface area contributed by atoms with E-state index in [1.54, 1.807) is 20.8 Å². The molecule has 0 spiro atoms. The minimum absolute atomic E-state index is 0.0865. The molecule has 162 valence electrons. The molecule has 10 heteroatoms. The molecule has 0 saturated carbocycles. The molecular weight excluding hydrogens is 368 g/mol. The summed E-state index contributed by atoms with van der Waals surface area (Å²) in [6.45, 7) is 8.05. The number of nitrogens with zero attached hydrogens (tertiary/aromatic N) is 4. The maximum atomic E-state index is 12.3. The molecule has 0 aliphatic heterocycles. The first kappa shape index (κ1) is 26.0. The molecule has 0 rings (SSSR count). The minimum atomic E-state index is -0.614. The lowest BCUT2D eigenvalue weighted by Crippen LogP contribution is -2.39. The van der Waals surface area contributed by atoms with E-state index in [0.717, 1.165) is 12.8 Å². The number of methoxy groups -OCH3 is 1. The Morgan fingerprint density at radius 3 is 2.39 bits per heavy atom. The highest BCUT2D eigenvalue weighted by atomic mass is 16.6. The number of carbonyl (C=O) groups is 2. The molecule has 0 aromatic rings. The lowest BCUT2D eigenvalue weighted by molar-refractivity contribution is -0.145. The lowest BCUT2D eigenvalue weighted by atomic mass is 10.2. The molecule has 0 unspecified atom stereocenters. The molecule has 0 aromatic carbocycles. The molecule has 10 nitrogen and oxygen atoms in total. The molecule has 0 heterocycles. The Kier molecular flexibility index (Phi) is 14.8. The molecule has 0 saturated heterocycles. The standard InChI is InChI=1S/C18H34N4O6/c1-18(2,3)28-17(24)22(11-8-16(23)27-15-14-25-4)10-7-13-26-12-6-5-9-20-21-19/h5-15H2,1-4H3. The van der Waals surface area contributed by atoms with Crippen LogP contribution in [0.3, 0.4) is 0 Å². The van der Waals surface area contributed by atoms with Crippen molar-refractivity contribution < 1.29 is 28.5 Å². The van der Waals surface area contributed by atoms with Crippen LogP contribution < -0.4 is 0 Å².